The van der Waals surface area contributed by atoms with Gasteiger partial charge in [0.1, 0.15) is 4.90 Å². The van der Waals surface area contributed by atoms with E-state index in [1.54, 1.807) is 18.2 Å². The Morgan fingerprint density at radius 2 is 2.00 bits per heavy atom. The molecule has 0 bridgehead atoms. The third kappa shape index (κ3) is 5.10. The number of aliphatic hydroxyl groups is 1. The molecule has 0 heterocycles. The lowest BCUT2D eigenvalue weighted by Gasteiger charge is -2.16. The van der Waals surface area contributed by atoms with E-state index in [1.807, 2.05) is 6.92 Å². The second kappa shape index (κ2) is 7.85. The Balaban J connectivity index is 2.72. The van der Waals surface area contributed by atoms with Crippen molar-refractivity contribution in [3.8, 4) is 0 Å². The van der Waals surface area contributed by atoms with E-state index in [1.165, 1.54) is 6.07 Å². The van der Waals surface area contributed by atoms with E-state index in [4.69, 9.17) is 16.7 Å². The molecule has 0 aliphatic carbocycles. The summed E-state index contributed by atoms with van der Waals surface area (Å²) in [5, 5.41) is 9.17. The summed E-state index contributed by atoms with van der Waals surface area (Å²) in [6.45, 7) is 2.42. The van der Waals surface area contributed by atoms with Crippen molar-refractivity contribution in [2.75, 3.05) is 13.2 Å². The first kappa shape index (κ1) is 16.4. The number of aliphatic hydroxyl groups excluding tert-OH is 1. The maximum Gasteiger partial charge on any atom is 0.242 e. The van der Waals surface area contributed by atoms with Crippen molar-refractivity contribution in [2.45, 2.75) is 31.1 Å². The number of hydrogen-bond acceptors (Lipinski definition) is 3. The lowest BCUT2D eigenvalue weighted by atomic mass is 10.0. The molecule has 0 amide bonds. The van der Waals surface area contributed by atoms with Crippen LogP contribution in [-0.4, -0.2) is 26.7 Å². The van der Waals surface area contributed by atoms with Gasteiger partial charge in [-0.05, 0) is 30.9 Å². The number of nitrogens with one attached hydrogen (secondary N) is 1. The molecule has 1 unspecified atom stereocenters. The van der Waals surface area contributed by atoms with Crippen LogP contribution in [0, 0.1) is 5.92 Å². The molecular weight excluding hydrogens is 286 g/mol. The highest BCUT2D eigenvalue weighted by Gasteiger charge is 2.18. The molecular formula is C13H20ClNO3S. The molecule has 0 aliphatic heterocycles. The molecule has 1 rings (SSSR count). The normalized spacial score (nSPS) is 13.4. The Kier molecular flexibility index (Phi) is 6.79. The van der Waals surface area contributed by atoms with Crippen molar-refractivity contribution in [2.24, 2.45) is 5.92 Å². The highest BCUT2D eigenvalue weighted by molar-refractivity contribution is 7.89. The summed E-state index contributed by atoms with van der Waals surface area (Å²) in [6.07, 6.45) is 2.43. The van der Waals surface area contributed by atoms with E-state index < -0.39 is 10.0 Å². The Morgan fingerprint density at radius 1 is 1.32 bits per heavy atom. The van der Waals surface area contributed by atoms with E-state index in [9.17, 15) is 8.42 Å². The zero-order valence-corrected chi connectivity index (χ0v) is 12.5. The van der Waals surface area contributed by atoms with Gasteiger partial charge in [-0.1, -0.05) is 37.1 Å². The molecule has 1 aromatic carbocycles. The van der Waals surface area contributed by atoms with Crippen molar-refractivity contribution in [3.63, 3.8) is 0 Å². The van der Waals surface area contributed by atoms with Crippen LogP contribution in [0.1, 0.15) is 26.2 Å². The summed E-state index contributed by atoms with van der Waals surface area (Å²) < 4.78 is 26.8. The Labute approximate surface area is 119 Å². The van der Waals surface area contributed by atoms with Crippen LogP contribution in [0.25, 0.3) is 0 Å². The first-order valence-corrected chi connectivity index (χ1v) is 8.22. The number of rotatable bonds is 8. The van der Waals surface area contributed by atoms with Crippen LogP contribution in [0.3, 0.4) is 0 Å². The summed E-state index contributed by atoms with van der Waals surface area (Å²) in [4.78, 5) is 0.0934. The largest absolute Gasteiger partial charge is 0.396 e. The molecule has 19 heavy (non-hydrogen) atoms. The van der Waals surface area contributed by atoms with E-state index in [2.05, 4.69) is 4.72 Å². The Bertz CT molecular complexity index is 484. The predicted octanol–water partition coefficient (Wildman–Crippen LogP) is 2.42. The van der Waals surface area contributed by atoms with Crippen LogP contribution in [-0.2, 0) is 10.0 Å². The monoisotopic (exact) mass is 305 g/mol. The summed E-state index contributed by atoms with van der Waals surface area (Å²) in [7, 11) is -3.59. The molecule has 0 aliphatic rings. The summed E-state index contributed by atoms with van der Waals surface area (Å²) >= 11 is 5.89. The summed E-state index contributed by atoms with van der Waals surface area (Å²) in [5.41, 5.74) is 0. The fourth-order valence-electron chi connectivity index (χ4n) is 1.91. The zero-order valence-electron chi connectivity index (χ0n) is 11.0. The Hall–Kier alpha value is -0.620. The van der Waals surface area contributed by atoms with Gasteiger partial charge in [0, 0.05) is 13.2 Å². The van der Waals surface area contributed by atoms with Crippen molar-refractivity contribution < 1.29 is 13.5 Å². The summed E-state index contributed by atoms with van der Waals surface area (Å²) in [5.74, 6) is 0.146. The SMILES string of the molecule is CCCC(CCO)CNS(=O)(=O)c1ccccc1Cl. The second-order valence-electron chi connectivity index (χ2n) is 4.45. The molecule has 0 radical (unpaired) electrons. The molecule has 4 nitrogen and oxygen atoms in total. The molecule has 0 saturated heterocycles. The van der Waals surface area contributed by atoms with Crippen LogP contribution < -0.4 is 4.72 Å². The van der Waals surface area contributed by atoms with Crippen LogP contribution >= 0.6 is 11.6 Å². The van der Waals surface area contributed by atoms with Gasteiger partial charge in [0.2, 0.25) is 10.0 Å². The van der Waals surface area contributed by atoms with Gasteiger partial charge in [-0.15, -0.1) is 0 Å². The van der Waals surface area contributed by atoms with Gasteiger partial charge in [-0.2, -0.15) is 0 Å². The lowest BCUT2D eigenvalue weighted by Crippen LogP contribution is -2.30. The average molecular weight is 306 g/mol. The van der Waals surface area contributed by atoms with Crippen LogP contribution in [0.4, 0.5) is 0 Å². The smallest absolute Gasteiger partial charge is 0.242 e. The average Bonchev–Trinajstić information content (AvgIpc) is 2.37. The zero-order chi connectivity index (χ0) is 14.3. The first-order valence-electron chi connectivity index (χ1n) is 6.36. The minimum Gasteiger partial charge on any atom is -0.396 e. The van der Waals surface area contributed by atoms with E-state index >= 15 is 0 Å². The summed E-state index contributed by atoms with van der Waals surface area (Å²) in [6, 6.07) is 6.35. The van der Waals surface area contributed by atoms with Crippen molar-refractivity contribution in [1.29, 1.82) is 0 Å². The molecule has 6 heteroatoms. The third-order valence-electron chi connectivity index (χ3n) is 2.92. The third-order valence-corrected chi connectivity index (χ3v) is 4.85. The van der Waals surface area contributed by atoms with E-state index in [-0.39, 0.29) is 22.4 Å². The fraction of sp³-hybridized carbons (Fsp3) is 0.538. The number of benzene rings is 1. The Morgan fingerprint density at radius 3 is 2.58 bits per heavy atom. The molecule has 0 saturated carbocycles. The van der Waals surface area contributed by atoms with Gasteiger partial charge in [-0.25, -0.2) is 13.1 Å². The molecule has 2 N–H and O–H groups in total. The molecule has 0 spiro atoms. The minimum absolute atomic E-state index is 0.0679. The van der Waals surface area contributed by atoms with Crippen molar-refractivity contribution in [3.05, 3.63) is 29.3 Å². The van der Waals surface area contributed by atoms with Gasteiger partial charge in [0.05, 0.1) is 5.02 Å². The molecule has 0 aromatic heterocycles. The van der Waals surface area contributed by atoms with Crippen molar-refractivity contribution >= 4 is 21.6 Å². The van der Waals surface area contributed by atoms with Crippen molar-refractivity contribution in [1.82, 2.24) is 4.72 Å². The quantitative estimate of drug-likeness (QED) is 0.775. The molecule has 1 atom stereocenters. The van der Waals surface area contributed by atoms with Crippen LogP contribution in [0.2, 0.25) is 5.02 Å². The minimum atomic E-state index is -3.59. The second-order valence-corrected chi connectivity index (χ2v) is 6.59. The first-order chi connectivity index (χ1) is 9.01. The van der Waals surface area contributed by atoms with Crippen LogP contribution in [0.5, 0.6) is 0 Å². The topological polar surface area (TPSA) is 66.4 Å². The fourth-order valence-corrected chi connectivity index (χ4v) is 3.54. The standard InChI is InChI=1S/C13H20ClNO3S/c1-2-5-11(8-9-16)10-15-19(17,18)13-7-4-3-6-12(13)14/h3-4,6-7,11,15-16H,2,5,8-10H2,1H3. The number of hydrogen-bond donors (Lipinski definition) is 2. The van der Waals surface area contributed by atoms with Gasteiger partial charge in [-0.3, -0.25) is 0 Å². The predicted molar refractivity (Wildman–Crippen MR) is 76.7 cm³/mol. The molecule has 1 aromatic rings. The van der Waals surface area contributed by atoms with Crippen LogP contribution in [0.15, 0.2) is 29.2 Å². The van der Waals surface area contributed by atoms with Gasteiger partial charge in [0.25, 0.3) is 0 Å². The van der Waals surface area contributed by atoms with Gasteiger partial charge >= 0.3 is 0 Å². The van der Waals surface area contributed by atoms with Gasteiger partial charge < -0.3 is 5.11 Å². The maximum atomic E-state index is 12.1. The number of sulfonamides is 1. The highest BCUT2D eigenvalue weighted by atomic mass is 35.5. The van der Waals surface area contributed by atoms with E-state index in [0.29, 0.717) is 13.0 Å². The highest BCUT2D eigenvalue weighted by Crippen LogP contribution is 2.20. The molecule has 0 fully saturated rings. The van der Waals surface area contributed by atoms with Gasteiger partial charge in [0.15, 0.2) is 0 Å². The lowest BCUT2D eigenvalue weighted by molar-refractivity contribution is 0.251. The maximum absolute atomic E-state index is 12.1. The number of halogens is 1. The molecule has 108 valence electrons. The van der Waals surface area contributed by atoms with E-state index in [0.717, 1.165) is 12.8 Å².